The molecule has 1 N–H and O–H groups in total. The second kappa shape index (κ2) is 10.3. The van der Waals surface area contributed by atoms with E-state index in [1.807, 2.05) is 68.4 Å². The number of benzene rings is 3. The first kappa shape index (κ1) is 23.2. The molecule has 4 aromatic rings. The zero-order valence-electron chi connectivity index (χ0n) is 18.8. The number of halogens is 1. The maximum Gasteiger partial charge on any atom is 0.234 e. The van der Waals surface area contributed by atoms with Crippen molar-refractivity contribution in [2.75, 3.05) is 11.1 Å². The minimum Gasteiger partial charge on any atom is -0.325 e. The van der Waals surface area contributed by atoms with E-state index in [9.17, 15) is 14.4 Å². The molecular weight excluding hydrogens is 445 g/mol. The zero-order valence-corrected chi connectivity index (χ0v) is 19.6. The second-order valence-corrected chi connectivity index (χ2v) is 8.84. The summed E-state index contributed by atoms with van der Waals surface area (Å²) in [6.07, 6.45) is 0. The van der Waals surface area contributed by atoms with Crippen molar-refractivity contribution in [3.8, 4) is 28.5 Å². The maximum atomic E-state index is 13.5. The van der Waals surface area contributed by atoms with E-state index in [-0.39, 0.29) is 17.5 Å². The highest BCUT2D eigenvalue weighted by molar-refractivity contribution is 8.00. The van der Waals surface area contributed by atoms with Crippen molar-refractivity contribution >= 4 is 23.4 Å². The number of anilines is 1. The minimum absolute atomic E-state index is 0.0934. The molecule has 0 atom stereocenters. The first-order valence-corrected chi connectivity index (χ1v) is 11.7. The van der Waals surface area contributed by atoms with Gasteiger partial charge in [-0.05, 0) is 61.4 Å². The molecule has 0 saturated carbocycles. The van der Waals surface area contributed by atoms with E-state index in [0.29, 0.717) is 16.3 Å². The quantitative estimate of drug-likeness (QED) is 0.318. The maximum absolute atomic E-state index is 13.5. The van der Waals surface area contributed by atoms with Gasteiger partial charge in [0.05, 0.1) is 17.0 Å². The van der Waals surface area contributed by atoms with Gasteiger partial charge in [-0.2, -0.15) is 5.26 Å². The number of nitrogens with one attached hydrogen (secondary N) is 1. The molecule has 0 bridgehead atoms. The molecule has 34 heavy (non-hydrogen) atoms. The third kappa shape index (κ3) is 5.33. The largest absolute Gasteiger partial charge is 0.325 e. The Bertz CT molecular complexity index is 1380. The Hall–Kier alpha value is -3.95. The van der Waals surface area contributed by atoms with Crippen LogP contribution in [-0.4, -0.2) is 16.6 Å². The van der Waals surface area contributed by atoms with Crippen LogP contribution in [0.15, 0.2) is 83.9 Å². The summed E-state index contributed by atoms with van der Waals surface area (Å²) in [5.41, 5.74) is 6.19. The highest BCUT2D eigenvalue weighted by atomic mass is 32.2. The van der Waals surface area contributed by atoms with Crippen molar-refractivity contribution in [3.63, 3.8) is 0 Å². The summed E-state index contributed by atoms with van der Waals surface area (Å²) in [5.74, 6) is -0.426. The van der Waals surface area contributed by atoms with Gasteiger partial charge in [-0.25, -0.2) is 9.37 Å². The van der Waals surface area contributed by atoms with Gasteiger partial charge in [0.2, 0.25) is 5.91 Å². The molecule has 4 rings (SSSR count). The van der Waals surface area contributed by atoms with Crippen molar-refractivity contribution in [2.45, 2.75) is 18.9 Å². The topological polar surface area (TPSA) is 65.8 Å². The van der Waals surface area contributed by atoms with Crippen LogP contribution < -0.4 is 5.32 Å². The van der Waals surface area contributed by atoms with E-state index in [2.05, 4.69) is 16.4 Å². The number of hydrogen-bond donors (Lipinski definition) is 1. The predicted octanol–water partition coefficient (Wildman–Crippen LogP) is 6.77. The smallest absolute Gasteiger partial charge is 0.234 e. The number of aromatic nitrogens is 1. The number of thioether (sulfide) groups is 1. The Labute approximate surface area is 202 Å². The van der Waals surface area contributed by atoms with Crippen LogP contribution in [-0.2, 0) is 4.79 Å². The van der Waals surface area contributed by atoms with Crippen LogP contribution in [0.3, 0.4) is 0 Å². The molecule has 168 valence electrons. The third-order valence-corrected chi connectivity index (χ3v) is 6.29. The number of hydrogen-bond acceptors (Lipinski definition) is 4. The van der Waals surface area contributed by atoms with Crippen molar-refractivity contribution in [2.24, 2.45) is 0 Å². The number of carbonyl (C=O) groups excluding carboxylic acids is 1. The Morgan fingerprint density at radius 2 is 1.74 bits per heavy atom. The first-order chi connectivity index (χ1) is 16.4. The van der Waals surface area contributed by atoms with Crippen LogP contribution in [0.2, 0.25) is 0 Å². The molecule has 3 aromatic carbocycles. The molecule has 1 aromatic heterocycles. The molecule has 0 fully saturated rings. The minimum atomic E-state index is -0.335. The highest BCUT2D eigenvalue weighted by Crippen LogP contribution is 2.34. The lowest BCUT2D eigenvalue weighted by Gasteiger charge is -2.13. The Kier molecular flexibility index (Phi) is 7.05. The molecule has 0 aliphatic carbocycles. The Balaban J connectivity index is 1.67. The third-order valence-electron chi connectivity index (χ3n) is 5.32. The zero-order chi connectivity index (χ0) is 24.1. The lowest BCUT2D eigenvalue weighted by atomic mass is 9.99. The molecule has 4 nitrogen and oxygen atoms in total. The highest BCUT2D eigenvalue weighted by Gasteiger charge is 2.17. The van der Waals surface area contributed by atoms with E-state index in [4.69, 9.17) is 0 Å². The average Bonchev–Trinajstić information content (AvgIpc) is 2.85. The summed E-state index contributed by atoms with van der Waals surface area (Å²) in [6.45, 7) is 3.95. The van der Waals surface area contributed by atoms with Gasteiger partial charge in [-0.3, -0.25) is 4.79 Å². The van der Waals surface area contributed by atoms with E-state index in [1.165, 1.54) is 23.9 Å². The van der Waals surface area contributed by atoms with Crippen molar-refractivity contribution in [1.82, 2.24) is 4.98 Å². The van der Waals surface area contributed by atoms with Crippen molar-refractivity contribution in [1.29, 1.82) is 5.26 Å². The van der Waals surface area contributed by atoms with Gasteiger partial charge < -0.3 is 5.32 Å². The molecule has 0 spiro atoms. The molecule has 0 saturated heterocycles. The Morgan fingerprint density at radius 3 is 2.41 bits per heavy atom. The predicted molar refractivity (Wildman–Crippen MR) is 135 cm³/mol. The van der Waals surface area contributed by atoms with E-state index in [0.717, 1.165) is 33.5 Å². The van der Waals surface area contributed by atoms with Gasteiger partial charge in [0.15, 0.2) is 0 Å². The lowest BCUT2D eigenvalue weighted by Crippen LogP contribution is -2.15. The summed E-state index contributed by atoms with van der Waals surface area (Å²) in [7, 11) is 0. The summed E-state index contributed by atoms with van der Waals surface area (Å²) in [5, 5.41) is 13.4. The van der Waals surface area contributed by atoms with E-state index >= 15 is 0 Å². The molecule has 0 aliphatic rings. The van der Waals surface area contributed by atoms with Gasteiger partial charge in [-0.15, -0.1) is 0 Å². The van der Waals surface area contributed by atoms with Gasteiger partial charge in [0.25, 0.3) is 0 Å². The standard InChI is InChI=1S/C28H22FN3OS/c1-18-8-13-25(19(2)14-18)31-27(33)17-34-28-24(16-30)23(20-6-4-3-5-7-20)15-26(32-28)21-9-11-22(29)12-10-21/h3-15H,17H2,1-2H3,(H,31,33). The molecule has 6 heteroatoms. The number of nitrogens with zero attached hydrogens (tertiary/aromatic N) is 2. The number of aryl methyl sites for hydroxylation is 2. The number of rotatable bonds is 6. The van der Waals surface area contributed by atoms with Crippen LogP contribution >= 0.6 is 11.8 Å². The normalized spacial score (nSPS) is 10.5. The lowest BCUT2D eigenvalue weighted by molar-refractivity contribution is -0.113. The molecule has 1 heterocycles. The summed E-state index contributed by atoms with van der Waals surface area (Å²) in [6, 6.07) is 25.6. The van der Waals surface area contributed by atoms with Crippen LogP contribution in [0.25, 0.3) is 22.4 Å². The number of nitriles is 1. The fourth-order valence-electron chi connectivity index (χ4n) is 3.62. The first-order valence-electron chi connectivity index (χ1n) is 10.7. The fraction of sp³-hybridized carbons (Fsp3) is 0.107. The monoisotopic (exact) mass is 467 g/mol. The van der Waals surface area contributed by atoms with Gasteiger partial charge in [0, 0.05) is 16.8 Å². The molecule has 0 radical (unpaired) electrons. The molecule has 1 amide bonds. The van der Waals surface area contributed by atoms with Crippen LogP contribution in [0, 0.1) is 31.0 Å². The average molecular weight is 468 g/mol. The SMILES string of the molecule is Cc1ccc(NC(=O)CSc2nc(-c3ccc(F)cc3)cc(-c3ccccc3)c2C#N)c(C)c1. The van der Waals surface area contributed by atoms with Crippen molar-refractivity contribution < 1.29 is 9.18 Å². The van der Waals surface area contributed by atoms with Crippen molar-refractivity contribution in [3.05, 3.63) is 101 Å². The van der Waals surface area contributed by atoms with Gasteiger partial charge in [-0.1, -0.05) is 59.8 Å². The van der Waals surface area contributed by atoms with Crippen LogP contribution in [0.5, 0.6) is 0 Å². The summed E-state index contributed by atoms with van der Waals surface area (Å²) in [4.78, 5) is 17.4. The fourth-order valence-corrected chi connectivity index (χ4v) is 4.42. The summed E-state index contributed by atoms with van der Waals surface area (Å²) >= 11 is 1.21. The molecule has 0 unspecified atom stereocenters. The van der Waals surface area contributed by atoms with Crippen LogP contribution in [0.1, 0.15) is 16.7 Å². The number of amides is 1. The Morgan fingerprint density at radius 1 is 1.00 bits per heavy atom. The van der Waals surface area contributed by atoms with Gasteiger partial charge >= 0.3 is 0 Å². The number of pyridine rings is 1. The second-order valence-electron chi connectivity index (χ2n) is 7.88. The van der Waals surface area contributed by atoms with E-state index in [1.54, 1.807) is 12.1 Å². The van der Waals surface area contributed by atoms with E-state index < -0.39 is 0 Å². The molecule has 0 aliphatic heterocycles. The number of carbonyl (C=O) groups is 1. The molecular formula is C28H22FN3OS. The van der Waals surface area contributed by atoms with Gasteiger partial charge in [0.1, 0.15) is 16.9 Å². The summed E-state index contributed by atoms with van der Waals surface area (Å²) < 4.78 is 13.5. The van der Waals surface area contributed by atoms with Crippen LogP contribution in [0.4, 0.5) is 10.1 Å².